The van der Waals surface area contributed by atoms with E-state index in [2.05, 4.69) is 0 Å². The van der Waals surface area contributed by atoms with Crippen LogP contribution >= 0.6 is 0 Å². The molecule has 0 aliphatic heterocycles. The first-order valence-electron chi connectivity index (χ1n) is 6.13. The predicted octanol–water partition coefficient (Wildman–Crippen LogP) is 0.806. The molecule has 1 rings (SSSR count). The van der Waals surface area contributed by atoms with Crippen molar-refractivity contribution in [3.63, 3.8) is 0 Å². The fourth-order valence-corrected chi connectivity index (χ4v) is 1.84. The van der Waals surface area contributed by atoms with Crippen molar-refractivity contribution in [2.75, 3.05) is 13.1 Å². The number of rotatable bonds is 6. The van der Waals surface area contributed by atoms with Gasteiger partial charge in [-0.05, 0) is 32.9 Å². The average molecular weight is 268 g/mol. The Kier molecular flexibility index (Phi) is 4.72. The van der Waals surface area contributed by atoms with Crippen LogP contribution in [0.3, 0.4) is 0 Å². The summed E-state index contributed by atoms with van der Waals surface area (Å²) in [4.78, 5) is 24.5. The van der Waals surface area contributed by atoms with Crippen LogP contribution in [0.15, 0.2) is 18.3 Å². The van der Waals surface area contributed by atoms with Gasteiger partial charge in [0, 0.05) is 19.3 Å². The molecule has 2 N–H and O–H groups in total. The molecule has 0 radical (unpaired) electrons. The Labute approximate surface area is 112 Å². The quantitative estimate of drug-likeness (QED) is 0.799. The monoisotopic (exact) mass is 268 g/mol. The number of carbonyl (C=O) groups excluding carboxylic acids is 1. The van der Waals surface area contributed by atoms with Crippen molar-refractivity contribution in [2.24, 2.45) is 0 Å². The molecule has 1 aromatic heterocycles. The van der Waals surface area contributed by atoms with Crippen LogP contribution in [0, 0.1) is 0 Å². The summed E-state index contributed by atoms with van der Waals surface area (Å²) >= 11 is 0. The molecule has 0 atom stereocenters. The Balaban J connectivity index is 2.77. The number of carbonyl (C=O) groups is 2. The van der Waals surface area contributed by atoms with Crippen LogP contribution in [0.1, 0.15) is 31.3 Å². The smallest absolute Gasteiger partial charge is 0.352 e. The molecule has 0 unspecified atom stereocenters. The van der Waals surface area contributed by atoms with E-state index in [4.69, 9.17) is 5.11 Å². The van der Waals surface area contributed by atoms with E-state index in [1.54, 1.807) is 26.1 Å². The maximum absolute atomic E-state index is 12.1. The lowest BCUT2D eigenvalue weighted by molar-refractivity contribution is -0.134. The van der Waals surface area contributed by atoms with Crippen molar-refractivity contribution in [1.82, 2.24) is 9.47 Å². The fourth-order valence-electron chi connectivity index (χ4n) is 1.84. The van der Waals surface area contributed by atoms with Crippen molar-refractivity contribution in [3.05, 3.63) is 24.0 Å². The second-order valence-corrected chi connectivity index (χ2v) is 5.05. The summed E-state index contributed by atoms with van der Waals surface area (Å²) in [7, 11) is 0. The highest BCUT2D eigenvalue weighted by molar-refractivity contribution is 5.86. The van der Waals surface area contributed by atoms with Gasteiger partial charge in [-0.3, -0.25) is 4.79 Å². The van der Waals surface area contributed by atoms with Crippen molar-refractivity contribution in [1.29, 1.82) is 0 Å². The van der Waals surface area contributed by atoms with E-state index in [9.17, 15) is 14.7 Å². The molecule has 0 aromatic carbocycles. The number of aliphatic hydroxyl groups is 1. The number of aromatic nitrogens is 1. The number of carboxylic acids is 1. The van der Waals surface area contributed by atoms with Gasteiger partial charge in [0.1, 0.15) is 12.2 Å². The Morgan fingerprint density at radius 1 is 1.42 bits per heavy atom. The van der Waals surface area contributed by atoms with Gasteiger partial charge < -0.3 is 19.7 Å². The lowest BCUT2D eigenvalue weighted by Crippen LogP contribution is -2.43. The number of likely N-dealkylation sites (N-methyl/N-ethyl adjacent to an activating group) is 1. The predicted molar refractivity (Wildman–Crippen MR) is 69.9 cm³/mol. The standard InChI is InChI=1S/C13H20N2O4/c1-4-14(9-13(2,3)19)11(16)8-15-7-5-6-10(15)12(17)18/h5-7,19H,4,8-9H2,1-3H3,(H,17,18). The maximum Gasteiger partial charge on any atom is 0.352 e. The third-order valence-corrected chi connectivity index (χ3v) is 2.67. The lowest BCUT2D eigenvalue weighted by atomic mass is 10.1. The number of hydrogen-bond acceptors (Lipinski definition) is 3. The number of hydrogen-bond donors (Lipinski definition) is 2. The summed E-state index contributed by atoms with van der Waals surface area (Å²) in [5.74, 6) is -1.29. The Bertz CT molecular complexity index is 459. The first-order chi connectivity index (χ1) is 8.74. The second-order valence-electron chi connectivity index (χ2n) is 5.05. The van der Waals surface area contributed by atoms with Gasteiger partial charge in [0.2, 0.25) is 5.91 Å². The van der Waals surface area contributed by atoms with E-state index < -0.39 is 11.6 Å². The third-order valence-electron chi connectivity index (χ3n) is 2.67. The summed E-state index contributed by atoms with van der Waals surface area (Å²) in [6.45, 7) is 5.71. The first kappa shape index (κ1) is 15.2. The van der Waals surface area contributed by atoms with Crippen molar-refractivity contribution in [2.45, 2.75) is 32.9 Å². The molecule has 6 heteroatoms. The van der Waals surface area contributed by atoms with E-state index >= 15 is 0 Å². The Morgan fingerprint density at radius 2 is 2.05 bits per heavy atom. The minimum Gasteiger partial charge on any atom is -0.477 e. The Morgan fingerprint density at radius 3 is 2.53 bits per heavy atom. The fraction of sp³-hybridized carbons (Fsp3) is 0.538. The first-order valence-corrected chi connectivity index (χ1v) is 6.13. The number of amides is 1. The van der Waals surface area contributed by atoms with Crippen molar-refractivity contribution in [3.8, 4) is 0 Å². The highest BCUT2D eigenvalue weighted by Crippen LogP contribution is 2.08. The van der Waals surface area contributed by atoms with E-state index in [1.807, 2.05) is 6.92 Å². The van der Waals surface area contributed by atoms with E-state index in [-0.39, 0.29) is 24.7 Å². The van der Waals surface area contributed by atoms with E-state index in [0.717, 1.165) is 0 Å². The summed E-state index contributed by atoms with van der Waals surface area (Å²) in [5.41, 5.74) is -0.898. The maximum atomic E-state index is 12.1. The molecular weight excluding hydrogens is 248 g/mol. The molecule has 0 saturated heterocycles. The van der Waals surface area contributed by atoms with Gasteiger partial charge in [-0.25, -0.2) is 4.79 Å². The van der Waals surface area contributed by atoms with Gasteiger partial charge >= 0.3 is 5.97 Å². The molecule has 0 fully saturated rings. The van der Waals surface area contributed by atoms with Crippen LogP contribution in [0.5, 0.6) is 0 Å². The van der Waals surface area contributed by atoms with Crippen molar-refractivity contribution >= 4 is 11.9 Å². The molecule has 0 bridgehead atoms. The minimum atomic E-state index is -1.07. The molecule has 0 aliphatic rings. The normalized spacial score (nSPS) is 11.4. The molecular formula is C13H20N2O4. The zero-order valence-corrected chi connectivity index (χ0v) is 11.5. The van der Waals surface area contributed by atoms with Crippen LogP contribution in [-0.2, 0) is 11.3 Å². The molecule has 19 heavy (non-hydrogen) atoms. The number of carboxylic acid groups (broad SMARTS) is 1. The minimum absolute atomic E-state index is 0.0431. The largest absolute Gasteiger partial charge is 0.477 e. The SMILES string of the molecule is CCN(CC(C)(C)O)C(=O)Cn1cccc1C(=O)O. The van der Waals surface area contributed by atoms with Gasteiger partial charge in [0.25, 0.3) is 0 Å². The third kappa shape index (κ3) is 4.40. The highest BCUT2D eigenvalue weighted by atomic mass is 16.4. The number of aromatic carboxylic acids is 1. The topological polar surface area (TPSA) is 82.8 Å². The molecule has 1 amide bonds. The molecule has 0 saturated carbocycles. The van der Waals surface area contributed by atoms with Crippen LogP contribution in [0.4, 0.5) is 0 Å². The molecule has 0 aliphatic carbocycles. The van der Waals surface area contributed by atoms with Gasteiger partial charge in [-0.2, -0.15) is 0 Å². The highest BCUT2D eigenvalue weighted by Gasteiger charge is 2.22. The molecule has 0 spiro atoms. The lowest BCUT2D eigenvalue weighted by Gasteiger charge is -2.28. The molecule has 1 aromatic rings. The van der Waals surface area contributed by atoms with Crippen LogP contribution < -0.4 is 0 Å². The summed E-state index contributed by atoms with van der Waals surface area (Å²) in [6, 6.07) is 3.03. The molecule has 6 nitrogen and oxygen atoms in total. The summed E-state index contributed by atoms with van der Waals surface area (Å²) < 4.78 is 1.39. The van der Waals surface area contributed by atoms with Gasteiger partial charge in [0.15, 0.2) is 0 Å². The number of nitrogens with zero attached hydrogens (tertiary/aromatic N) is 2. The Hall–Kier alpha value is -1.82. The molecule has 1 heterocycles. The van der Waals surface area contributed by atoms with Gasteiger partial charge in [0.05, 0.1) is 5.60 Å². The molecule has 106 valence electrons. The van der Waals surface area contributed by atoms with Crippen LogP contribution in [0.25, 0.3) is 0 Å². The zero-order chi connectivity index (χ0) is 14.6. The second kappa shape index (κ2) is 5.88. The van der Waals surface area contributed by atoms with Crippen molar-refractivity contribution < 1.29 is 19.8 Å². The summed E-state index contributed by atoms with van der Waals surface area (Å²) in [6.07, 6.45) is 1.55. The zero-order valence-electron chi connectivity index (χ0n) is 11.5. The van der Waals surface area contributed by atoms with E-state index in [1.165, 1.54) is 15.5 Å². The van der Waals surface area contributed by atoms with E-state index in [0.29, 0.717) is 6.54 Å². The van der Waals surface area contributed by atoms with Gasteiger partial charge in [-0.1, -0.05) is 0 Å². The van der Waals surface area contributed by atoms with Gasteiger partial charge in [-0.15, -0.1) is 0 Å². The van der Waals surface area contributed by atoms with Crippen LogP contribution in [-0.4, -0.2) is 50.2 Å². The van der Waals surface area contributed by atoms with Crippen LogP contribution in [0.2, 0.25) is 0 Å². The average Bonchev–Trinajstić information content (AvgIpc) is 2.72. The summed E-state index contributed by atoms with van der Waals surface area (Å²) in [5, 5.41) is 18.7.